The number of furan rings is 1. The van der Waals surface area contributed by atoms with E-state index in [2.05, 4.69) is 0 Å². The van der Waals surface area contributed by atoms with Crippen molar-refractivity contribution in [3.63, 3.8) is 0 Å². The Kier molecular flexibility index (Phi) is 7.71. The predicted octanol–water partition coefficient (Wildman–Crippen LogP) is 4.70. The first-order valence-corrected chi connectivity index (χ1v) is 11.8. The average molecular weight is 479 g/mol. The van der Waals surface area contributed by atoms with Crippen LogP contribution in [0.3, 0.4) is 0 Å². The van der Waals surface area contributed by atoms with Gasteiger partial charge in [0.05, 0.1) is 24.2 Å². The standard InChI is InChI=1S/C23H24ClFN2O4S/c1-17(2)27(32(29,30)22-11-7-19(24)8-12-22)16-23(28)26(15-21-4-3-13-31-21)14-18-5-9-20(25)10-6-18/h3-13,17H,14-16H2,1-2H3. The van der Waals surface area contributed by atoms with Crippen LogP contribution in [0.15, 0.2) is 76.2 Å². The molecule has 0 fully saturated rings. The summed E-state index contributed by atoms with van der Waals surface area (Å²) in [5, 5.41) is 0.417. The Labute approximate surface area is 192 Å². The van der Waals surface area contributed by atoms with Gasteiger partial charge in [-0.15, -0.1) is 0 Å². The van der Waals surface area contributed by atoms with Gasteiger partial charge in [0.25, 0.3) is 0 Å². The molecule has 0 bridgehead atoms. The molecule has 0 unspecified atom stereocenters. The number of carbonyl (C=O) groups is 1. The Morgan fingerprint density at radius 1 is 1.03 bits per heavy atom. The Bertz CT molecular complexity index is 1130. The normalized spacial score (nSPS) is 11.8. The lowest BCUT2D eigenvalue weighted by atomic mass is 10.2. The molecule has 3 aromatic rings. The lowest BCUT2D eigenvalue weighted by Gasteiger charge is -2.29. The number of hydrogen-bond donors (Lipinski definition) is 0. The van der Waals surface area contributed by atoms with Gasteiger partial charge >= 0.3 is 0 Å². The minimum absolute atomic E-state index is 0.0551. The van der Waals surface area contributed by atoms with Gasteiger partial charge in [0.1, 0.15) is 11.6 Å². The van der Waals surface area contributed by atoms with Crippen LogP contribution in [0.2, 0.25) is 5.02 Å². The molecule has 0 aliphatic carbocycles. The third-order valence-corrected chi connectivity index (χ3v) is 7.14. The average Bonchev–Trinajstić information content (AvgIpc) is 3.26. The number of sulfonamides is 1. The smallest absolute Gasteiger partial charge is 0.243 e. The molecule has 0 N–H and O–H groups in total. The third-order valence-electron chi connectivity index (χ3n) is 4.85. The van der Waals surface area contributed by atoms with Gasteiger partial charge in [-0.2, -0.15) is 4.31 Å². The number of carbonyl (C=O) groups excluding carboxylic acids is 1. The molecule has 0 saturated heterocycles. The maximum Gasteiger partial charge on any atom is 0.243 e. The fourth-order valence-corrected chi connectivity index (χ4v) is 4.87. The van der Waals surface area contributed by atoms with E-state index < -0.39 is 22.0 Å². The van der Waals surface area contributed by atoms with E-state index in [1.54, 1.807) is 38.1 Å². The first kappa shape index (κ1) is 24.0. The molecule has 0 saturated carbocycles. The number of hydrogen-bond acceptors (Lipinski definition) is 4. The molecule has 0 aliphatic heterocycles. The van der Waals surface area contributed by atoms with E-state index in [0.717, 1.165) is 4.31 Å². The van der Waals surface area contributed by atoms with Gasteiger partial charge in [-0.05, 0) is 67.9 Å². The lowest BCUT2D eigenvalue weighted by molar-refractivity contribution is -0.133. The Balaban J connectivity index is 1.85. The molecule has 2 aromatic carbocycles. The topological polar surface area (TPSA) is 70.8 Å². The third kappa shape index (κ3) is 5.97. The van der Waals surface area contributed by atoms with E-state index in [1.807, 2.05) is 0 Å². The highest BCUT2D eigenvalue weighted by Gasteiger charge is 2.31. The molecule has 0 spiro atoms. The van der Waals surface area contributed by atoms with Crippen molar-refractivity contribution in [2.24, 2.45) is 0 Å². The molecule has 0 aliphatic rings. The van der Waals surface area contributed by atoms with Gasteiger partial charge in [-0.25, -0.2) is 12.8 Å². The second-order valence-electron chi connectivity index (χ2n) is 7.55. The maximum atomic E-state index is 13.3. The first-order valence-electron chi connectivity index (χ1n) is 9.99. The molecular formula is C23H24ClFN2O4S. The zero-order valence-corrected chi connectivity index (χ0v) is 19.3. The first-order chi connectivity index (χ1) is 15.2. The second kappa shape index (κ2) is 10.3. The van der Waals surface area contributed by atoms with Gasteiger partial charge in [-0.3, -0.25) is 4.79 Å². The van der Waals surface area contributed by atoms with Gasteiger partial charge in [0.15, 0.2) is 0 Å². The van der Waals surface area contributed by atoms with Crippen LogP contribution in [-0.4, -0.2) is 36.1 Å². The molecule has 6 nitrogen and oxygen atoms in total. The summed E-state index contributed by atoms with van der Waals surface area (Å²) >= 11 is 5.88. The minimum Gasteiger partial charge on any atom is -0.467 e. The molecular weight excluding hydrogens is 455 g/mol. The molecule has 9 heteroatoms. The molecule has 1 aromatic heterocycles. The number of nitrogens with zero attached hydrogens (tertiary/aromatic N) is 2. The van der Waals surface area contributed by atoms with Crippen molar-refractivity contribution >= 4 is 27.5 Å². The van der Waals surface area contributed by atoms with Gasteiger partial charge in [0, 0.05) is 17.6 Å². The summed E-state index contributed by atoms with van der Waals surface area (Å²) in [6.07, 6.45) is 1.50. The number of rotatable bonds is 9. The fraction of sp³-hybridized carbons (Fsp3) is 0.261. The highest BCUT2D eigenvalue weighted by Crippen LogP contribution is 2.21. The van der Waals surface area contributed by atoms with Crippen LogP contribution in [0.1, 0.15) is 25.2 Å². The van der Waals surface area contributed by atoms with Crippen LogP contribution in [-0.2, 0) is 27.9 Å². The summed E-state index contributed by atoms with van der Waals surface area (Å²) in [6, 6.07) is 14.6. The number of halogens is 2. The number of amides is 1. The molecule has 3 rings (SSSR count). The van der Waals surface area contributed by atoms with Crippen molar-refractivity contribution in [2.75, 3.05) is 6.54 Å². The number of benzene rings is 2. The van der Waals surface area contributed by atoms with Crippen LogP contribution >= 0.6 is 11.6 Å². The van der Waals surface area contributed by atoms with Gasteiger partial charge in [0.2, 0.25) is 15.9 Å². The van der Waals surface area contributed by atoms with Crippen LogP contribution in [0, 0.1) is 5.82 Å². The van der Waals surface area contributed by atoms with Crippen molar-refractivity contribution in [3.8, 4) is 0 Å². The summed E-state index contributed by atoms with van der Waals surface area (Å²) < 4.78 is 46.2. The van der Waals surface area contributed by atoms with E-state index in [4.69, 9.17) is 16.0 Å². The van der Waals surface area contributed by atoms with E-state index in [-0.39, 0.29) is 30.3 Å². The molecule has 32 heavy (non-hydrogen) atoms. The Morgan fingerprint density at radius 3 is 2.25 bits per heavy atom. The van der Waals surface area contributed by atoms with Crippen molar-refractivity contribution < 1.29 is 22.0 Å². The predicted molar refractivity (Wildman–Crippen MR) is 120 cm³/mol. The maximum absolute atomic E-state index is 13.3. The zero-order valence-electron chi connectivity index (χ0n) is 17.7. The molecule has 1 amide bonds. The van der Waals surface area contributed by atoms with Crippen LogP contribution in [0.25, 0.3) is 0 Å². The highest BCUT2D eigenvalue weighted by molar-refractivity contribution is 7.89. The van der Waals surface area contributed by atoms with Crippen molar-refractivity contribution in [1.29, 1.82) is 0 Å². The van der Waals surface area contributed by atoms with E-state index in [1.165, 1.54) is 47.6 Å². The summed E-state index contributed by atoms with van der Waals surface area (Å²) in [4.78, 5) is 14.8. The van der Waals surface area contributed by atoms with E-state index >= 15 is 0 Å². The zero-order chi connectivity index (χ0) is 23.3. The van der Waals surface area contributed by atoms with Crippen molar-refractivity contribution in [1.82, 2.24) is 9.21 Å². The fourth-order valence-electron chi connectivity index (χ4n) is 3.15. The molecule has 0 radical (unpaired) electrons. The highest BCUT2D eigenvalue weighted by atomic mass is 35.5. The quantitative estimate of drug-likeness (QED) is 0.447. The summed E-state index contributed by atoms with van der Waals surface area (Å²) in [5.74, 6) is -0.230. The van der Waals surface area contributed by atoms with Gasteiger partial charge < -0.3 is 9.32 Å². The lowest BCUT2D eigenvalue weighted by Crippen LogP contribution is -2.45. The summed E-state index contributed by atoms with van der Waals surface area (Å²) in [5.41, 5.74) is 0.711. The largest absolute Gasteiger partial charge is 0.467 e. The van der Waals surface area contributed by atoms with E-state index in [9.17, 15) is 17.6 Å². The van der Waals surface area contributed by atoms with E-state index in [0.29, 0.717) is 16.3 Å². The minimum atomic E-state index is -3.93. The van der Waals surface area contributed by atoms with Gasteiger partial charge in [-0.1, -0.05) is 23.7 Å². The molecule has 170 valence electrons. The van der Waals surface area contributed by atoms with Crippen molar-refractivity contribution in [3.05, 3.63) is 89.1 Å². The summed E-state index contributed by atoms with van der Waals surface area (Å²) in [6.45, 7) is 3.38. The van der Waals surface area contributed by atoms with Crippen molar-refractivity contribution in [2.45, 2.75) is 37.9 Å². The summed E-state index contributed by atoms with van der Waals surface area (Å²) in [7, 11) is -3.93. The Hall–Kier alpha value is -2.68. The van der Waals surface area contributed by atoms with Crippen LogP contribution < -0.4 is 0 Å². The van der Waals surface area contributed by atoms with Crippen LogP contribution in [0.4, 0.5) is 4.39 Å². The SMILES string of the molecule is CC(C)N(CC(=O)N(Cc1ccc(F)cc1)Cc1ccco1)S(=O)(=O)c1ccc(Cl)cc1. The Morgan fingerprint density at radius 2 is 1.69 bits per heavy atom. The molecule has 0 atom stereocenters. The van der Waals surface area contributed by atoms with Crippen LogP contribution in [0.5, 0.6) is 0 Å². The second-order valence-corrected chi connectivity index (χ2v) is 9.88. The molecule has 1 heterocycles. The monoisotopic (exact) mass is 478 g/mol.